The highest BCUT2D eigenvalue weighted by atomic mass is 32.1. The molecule has 0 bridgehead atoms. The molecule has 1 aliphatic rings. The third kappa shape index (κ3) is 2.65. The Labute approximate surface area is 113 Å². The second-order valence-electron chi connectivity index (χ2n) is 4.20. The first kappa shape index (κ1) is 11.9. The van der Waals surface area contributed by atoms with Gasteiger partial charge in [-0.2, -0.15) is 4.37 Å². The Bertz CT molecular complexity index is 488. The van der Waals surface area contributed by atoms with Crippen molar-refractivity contribution in [3.63, 3.8) is 0 Å². The predicted molar refractivity (Wildman–Crippen MR) is 72.0 cm³/mol. The monoisotopic (exact) mass is 282 g/mol. The fourth-order valence-electron chi connectivity index (χ4n) is 2.00. The zero-order valence-corrected chi connectivity index (χ0v) is 11.7. The van der Waals surface area contributed by atoms with E-state index in [0.29, 0.717) is 0 Å². The Hall–Kier alpha value is -1.12. The molecule has 3 heterocycles. The molecule has 1 fully saturated rings. The van der Waals surface area contributed by atoms with Gasteiger partial charge in [-0.15, -0.1) is 21.5 Å². The van der Waals surface area contributed by atoms with Crippen LogP contribution in [0.5, 0.6) is 0 Å². The molecular formula is C10H14N6S2. The van der Waals surface area contributed by atoms with Gasteiger partial charge < -0.3 is 4.90 Å². The summed E-state index contributed by atoms with van der Waals surface area (Å²) in [6.45, 7) is 7.00. The van der Waals surface area contributed by atoms with Crippen LogP contribution in [0.25, 0.3) is 0 Å². The molecule has 6 nitrogen and oxygen atoms in total. The average molecular weight is 282 g/mol. The fourth-order valence-corrected chi connectivity index (χ4v) is 3.33. The smallest absolute Gasteiger partial charge is 0.205 e. The molecule has 0 amide bonds. The summed E-state index contributed by atoms with van der Waals surface area (Å²) in [6, 6.07) is 0. The summed E-state index contributed by atoms with van der Waals surface area (Å²) in [6.07, 6.45) is 1.62. The largest absolute Gasteiger partial charge is 0.344 e. The van der Waals surface area contributed by atoms with E-state index in [0.717, 1.165) is 47.9 Å². The van der Waals surface area contributed by atoms with E-state index in [2.05, 4.69) is 29.4 Å². The predicted octanol–water partition coefficient (Wildman–Crippen LogP) is 1.02. The third-order valence-corrected chi connectivity index (χ3v) is 4.47. The van der Waals surface area contributed by atoms with Crippen LogP contribution >= 0.6 is 22.9 Å². The molecule has 0 aromatic carbocycles. The maximum absolute atomic E-state index is 4.25. The SMILES string of the molecule is Cc1nnc(CN2CCN(c3ncns3)CC2)s1. The standard InChI is InChI=1S/C10H14N6S2/c1-8-13-14-9(17-8)6-15-2-4-16(5-3-15)10-11-7-12-18-10/h7H,2-6H2,1H3. The van der Waals surface area contributed by atoms with Gasteiger partial charge in [0, 0.05) is 37.7 Å². The van der Waals surface area contributed by atoms with Crippen molar-refractivity contribution in [1.82, 2.24) is 24.5 Å². The van der Waals surface area contributed by atoms with E-state index in [1.54, 1.807) is 17.7 Å². The molecule has 96 valence electrons. The third-order valence-electron chi connectivity index (χ3n) is 2.92. The number of piperazine rings is 1. The van der Waals surface area contributed by atoms with Gasteiger partial charge >= 0.3 is 0 Å². The van der Waals surface area contributed by atoms with E-state index in [1.165, 1.54) is 11.5 Å². The van der Waals surface area contributed by atoms with Crippen molar-refractivity contribution in [2.45, 2.75) is 13.5 Å². The zero-order chi connectivity index (χ0) is 12.4. The van der Waals surface area contributed by atoms with Crippen LogP contribution in [0.15, 0.2) is 6.33 Å². The number of rotatable bonds is 3. The van der Waals surface area contributed by atoms with E-state index >= 15 is 0 Å². The van der Waals surface area contributed by atoms with Crippen LogP contribution in [0.4, 0.5) is 5.13 Å². The number of aryl methyl sites for hydroxylation is 1. The molecule has 1 saturated heterocycles. The molecule has 0 aliphatic carbocycles. The number of hydrogen-bond acceptors (Lipinski definition) is 8. The van der Waals surface area contributed by atoms with Crippen LogP contribution in [0, 0.1) is 6.92 Å². The fraction of sp³-hybridized carbons (Fsp3) is 0.600. The van der Waals surface area contributed by atoms with Crippen LogP contribution in [-0.2, 0) is 6.54 Å². The Kier molecular flexibility index (Phi) is 3.48. The molecule has 0 unspecified atom stereocenters. The highest BCUT2D eigenvalue weighted by Gasteiger charge is 2.19. The van der Waals surface area contributed by atoms with E-state index in [1.807, 2.05) is 6.92 Å². The van der Waals surface area contributed by atoms with Crippen LogP contribution in [0.2, 0.25) is 0 Å². The van der Waals surface area contributed by atoms with Crippen molar-refractivity contribution in [3.05, 3.63) is 16.3 Å². The maximum Gasteiger partial charge on any atom is 0.205 e. The van der Waals surface area contributed by atoms with Gasteiger partial charge in [-0.1, -0.05) is 0 Å². The first-order chi connectivity index (χ1) is 8.81. The van der Waals surface area contributed by atoms with Gasteiger partial charge in [-0.3, -0.25) is 4.90 Å². The molecule has 2 aromatic heterocycles. The Balaban J connectivity index is 1.54. The first-order valence-electron chi connectivity index (χ1n) is 5.84. The molecule has 1 aliphatic heterocycles. The lowest BCUT2D eigenvalue weighted by Crippen LogP contribution is -2.45. The highest BCUT2D eigenvalue weighted by Crippen LogP contribution is 2.18. The van der Waals surface area contributed by atoms with Gasteiger partial charge in [0.25, 0.3) is 0 Å². The summed E-state index contributed by atoms with van der Waals surface area (Å²) in [7, 11) is 0. The van der Waals surface area contributed by atoms with Crippen LogP contribution in [0.1, 0.15) is 10.0 Å². The molecule has 0 N–H and O–H groups in total. The summed E-state index contributed by atoms with van der Waals surface area (Å²) in [5.41, 5.74) is 0. The van der Waals surface area contributed by atoms with Crippen molar-refractivity contribution in [3.8, 4) is 0 Å². The molecule has 0 atom stereocenters. The van der Waals surface area contributed by atoms with Crippen LogP contribution in [-0.4, -0.2) is 50.6 Å². The number of anilines is 1. The number of hydrogen-bond donors (Lipinski definition) is 0. The van der Waals surface area contributed by atoms with E-state index in [4.69, 9.17) is 0 Å². The van der Waals surface area contributed by atoms with Crippen molar-refractivity contribution in [2.24, 2.45) is 0 Å². The van der Waals surface area contributed by atoms with E-state index < -0.39 is 0 Å². The lowest BCUT2D eigenvalue weighted by atomic mass is 10.3. The van der Waals surface area contributed by atoms with Gasteiger partial charge in [0.1, 0.15) is 16.3 Å². The molecule has 0 spiro atoms. The lowest BCUT2D eigenvalue weighted by Gasteiger charge is -2.33. The molecule has 18 heavy (non-hydrogen) atoms. The molecule has 2 aromatic rings. The highest BCUT2D eigenvalue weighted by molar-refractivity contribution is 7.11. The van der Waals surface area contributed by atoms with Crippen molar-refractivity contribution in [1.29, 1.82) is 0 Å². The van der Waals surface area contributed by atoms with Gasteiger partial charge in [0.05, 0.1) is 6.54 Å². The molecular weight excluding hydrogens is 268 g/mol. The maximum atomic E-state index is 4.25. The van der Waals surface area contributed by atoms with Crippen molar-refractivity contribution < 1.29 is 0 Å². The van der Waals surface area contributed by atoms with Gasteiger partial charge in [-0.05, 0) is 6.92 Å². The quantitative estimate of drug-likeness (QED) is 0.838. The summed E-state index contributed by atoms with van der Waals surface area (Å²) < 4.78 is 4.05. The second-order valence-corrected chi connectivity index (χ2v) is 6.23. The summed E-state index contributed by atoms with van der Waals surface area (Å²) in [4.78, 5) is 8.95. The number of nitrogens with zero attached hydrogens (tertiary/aromatic N) is 6. The molecule has 0 saturated carbocycles. The van der Waals surface area contributed by atoms with Gasteiger partial charge in [-0.25, -0.2) is 4.98 Å². The van der Waals surface area contributed by atoms with Crippen molar-refractivity contribution in [2.75, 3.05) is 31.1 Å². The summed E-state index contributed by atoms with van der Waals surface area (Å²) in [5.74, 6) is 0. The minimum atomic E-state index is 0.912. The zero-order valence-electron chi connectivity index (χ0n) is 10.1. The molecule has 0 radical (unpaired) electrons. The van der Waals surface area contributed by atoms with Gasteiger partial charge in [0.15, 0.2) is 0 Å². The molecule has 8 heteroatoms. The van der Waals surface area contributed by atoms with Crippen LogP contribution in [0.3, 0.4) is 0 Å². The minimum absolute atomic E-state index is 0.912. The average Bonchev–Trinajstić information content (AvgIpc) is 3.02. The van der Waals surface area contributed by atoms with Crippen molar-refractivity contribution >= 4 is 28.0 Å². The Morgan fingerprint density at radius 2 is 2.06 bits per heavy atom. The Morgan fingerprint density at radius 1 is 1.22 bits per heavy atom. The van der Waals surface area contributed by atoms with E-state index in [9.17, 15) is 0 Å². The minimum Gasteiger partial charge on any atom is -0.344 e. The summed E-state index contributed by atoms with van der Waals surface area (Å²) >= 11 is 3.15. The number of aromatic nitrogens is 4. The first-order valence-corrected chi connectivity index (χ1v) is 7.43. The Morgan fingerprint density at radius 3 is 2.67 bits per heavy atom. The summed E-state index contributed by atoms with van der Waals surface area (Å²) in [5, 5.41) is 11.4. The van der Waals surface area contributed by atoms with Gasteiger partial charge in [0.2, 0.25) is 5.13 Å². The van der Waals surface area contributed by atoms with E-state index in [-0.39, 0.29) is 0 Å². The normalized spacial score (nSPS) is 17.3. The molecule has 3 rings (SSSR count). The topological polar surface area (TPSA) is 58.0 Å². The lowest BCUT2D eigenvalue weighted by molar-refractivity contribution is 0.249. The second kappa shape index (κ2) is 5.25. The van der Waals surface area contributed by atoms with Crippen LogP contribution < -0.4 is 4.90 Å².